The van der Waals surface area contributed by atoms with Gasteiger partial charge in [0.05, 0.1) is 34.6 Å². The summed E-state index contributed by atoms with van der Waals surface area (Å²) in [6.07, 6.45) is 19.6. The monoisotopic (exact) mass is 861 g/mol. The Morgan fingerprint density at radius 3 is 1.35 bits per heavy atom. The number of rotatable bonds is 9. The van der Waals surface area contributed by atoms with Gasteiger partial charge in [0.2, 0.25) is 0 Å². The van der Waals surface area contributed by atoms with Gasteiger partial charge in [-0.15, -0.1) is 0 Å². The lowest BCUT2D eigenvalue weighted by Crippen LogP contribution is -2.68. The molecule has 8 fully saturated rings. The minimum absolute atomic E-state index is 0.0156. The number of hydrogen-bond donors (Lipinski definition) is 6. The zero-order chi connectivity index (χ0) is 43.6. The van der Waals surface area contributed by atoms with Crippen molar-refractivity contribution < 1.29 is 49.7 Å². The molecule has 8 saturated carbocycles. The number of fused-ring (bicyclic) bond motifs is 10. The van der Waals surface area contributed by atoms with E-state index in [2.05, 4.69) is 13.8 Å². The van der Waals surface area contributed by atoms with E-state index in [9.17, 15) is 40.2 Å². The molecule has 12 nitrogen and oxygen atoms in total. The first-order chi connectivity index (χ1) is 29.5. The fraction of sp³-hybridized carbons (Fsp3) is 0.840. The Balaban J connectivity index is 0.829. The molecule has 0 amide bonds. The van der Waals surface area contributed by atoms with Gasteiger partial charge in [-0.1, -0.05) is 13.8 Å². The quantitative estimate of drug-likeness (QED) is 0.100. The molecule has 0 radical (unpaired) electrons. The molecule has 0 spiro atoms. The van der Waals surface area contributed by atoms with E-state index >= 15 is 0 Å². The molecule has 62 heavy (non-hydrogen) atoms. The summed E-state index contributed by atoms with van der Waals surface area (Å²) in [5, 5.41) is 72.2. The molecule has 6 N–H and O–H groups in total. The molecular formula is C50H72N2O10. The van der Waals surface area contributed by atoms with Crippen molar-refractivity contribution in [3.8, 4) is 0 Å². The SMILES string of the molecule is C[C@]12CC[C@H]3[C@@H](CC[C@@]4(O)C[C@@H](O)CC[C@]34C=NCCCCN=C[C@]34CC[C@@H](O)C[C@@]3(O)CC[C@H]3[C@@H]4CC[C@]4(C)[C@H](C5=CC(=O)OC5)CC[C@]34O)[C@]1(O)CC[C@H]2C1=CC(=O)OC1. The maximum atomic E-state index is 12.8. The minimum Gasteiger partial charge on any atom is -0.458 e. The summed E-state index contributed by atoms with van der Waals surface area (Å²) >= 11 is 0. The van der Waals surface area contributed by atoms with Crippen molar-refractivity contribution in [2.45, 2.75) is 177 Å². The normalized spacial score (nSPS) is 52.1. The van der Waals surface area contributed by atoms with Crippen molar-refractivity contribution >= 4 is 24.4 Å². The van der Waals surface area contributed by atoms with Crippen LogP contribution in [0.2, 0.25) is 0 Å². The third-order valence-corrected chi connectivity index (χ3v) is 20.7. The van der Waals surface area contributed by atoms with E-state index in [1.54, 1.807) is 12.2 Å². The molecule has 12 heteroatoms. The smallest absolute Gasteiger partial charge is 0.331 e. The van der Waals surface area contributed by atoms with E-state index in [0.717, 1.165) is 62.5 Å². The summed E-state index contributed by atoms with van der Waals surface area (Å²) in [5.41, 5.74) is -4.09. The fourth-order valence-electron chi connectivity index (χ4n) is 17.6. The highest BCUT2D eigenvalue weighted by atomic mass is 16.5. The number of ether oxygens (including phenoxy) is 2. The van der Waals surface area contributed by atoms with Crippen LogP contribution >= 0.6 is 0 Å². The predicted octanol–water partition coefficient (Wildman–Crippen LogP) is 5.33. The second-order valence-electron chi connectivity index (χ2n) is 22.8. The number of cyclic esters (lactones) is 2. The van der Waals surface area contributed by atoms with Crippen LogP contribution in [0, 0.1) is 57.2 Å². The molecule has 0 aromatic heterocycles. The Kier molecular flexibility index (Phi) is 10.5. The number of esters is 2. The van der Waals surface area contributed by atoms with Crippen LogP contribution in [-0.4, -0.2) is 116 Å². The molecule has 342 valence electrons. The van der Waals surface area contributed by atoms with Crippen LogP contribution < -0.4 is 0 Å². The summed E-state index contributed by atoms with van der Waals surface area (Å²) < 4.78 is 10.6. The molecule has 2 heterocycles. The van der Waals surface area contributed by atoms with Gasteiger partial charge in [-0.05, 0) is 162 Å². The second-order valence-corrected chi connectivity index (χ2v) is 22.8. The highest BCUT2D eigenvalue weighted by Crippen LogP contribution is 2.72. The Labute approximate surface area is 366 Å². The van der Waals surface area contributed by atoms with Gasteiger partial charge in [0.25, 0.3) is 0 Å². The standard InChI is InChI=1S/C50H72N2O10/c1-43-13-7-37-39(49(43,59)19-11-35(43)31-23-41(55)61-27-31)9-17-47(57)25-33(53)5-15-45(37,47)29-51-21-3-4-22-52-30-46-16-6-34(54)26-48(46,58)18-10-40-38(46)8-14-44(2)36(12-20-50(40,44)60)32-24-42(56)62-28-32/h23-24,29-30,33-40,53-54,57-60H,3-22,25-28H2,1-2H3/t33-,34+,35-,36-,37-,38-,39+,40-,43+,44+,45-,46-,47+,48-,49+,50-/m0/s1. The number of aliphatic hydroxyl groups is 6. The lowest BCUT2D eigenvalue weighted by molar-refractivity contribution is -0.237. The van der Waals surface area contributed by atoms with Crippen LogP contribution in [0.4, 0.5) is 0 Å². The van der Waals surface area contributed by atoms with Gasteiger partial charge >= 0.3 is 11.9 Å². The van der Waals surface area contributed by atoms with Crippen molar-refractivity contribution in [1.29, 1.82) is 0 Å². The summed E-state index contributed by atoms with van der Waals surface area (Å²) in [5.74, 6) is -0.373. The maximum Gasteiger partial charge on any atom is 0.331 e. The number of carbonyl (C=O) groups is 2. The van der Waals surface area contributed by atoms with Crippen LogP contribution in [0.1, 0.15) is 142 Å². The molecule has 0 bridgehead atoms. The van der Waals surface area contributed by atoms with Crippen LogP contribution in [0.3, 0.4) is 0 Å². The van der Waals surface area contributed by atoms with E-state index in [-0.39, 0.29) is 58.3 Å². The fourth-order valence-corrected chi connectivity index (χ4v) is 17.6. The number of nitrogens with zero attached hydrogens (tertiary/aromatic N) is 2. The Hall–Kier alpha value is -2.48. The average Bonchev–Trinajstić information content (AvgIpc) is 3.98. The topological polar surface area (TPSA) is 199 Å². The van der Waals surface area contributed by atoms with Crippen molar-refractivity contribution in [1.82, 2.24) is 0 Å². The molecule has 0 aromatic rings. The van der Waals surface area contributed by atoms with Gasteiger partial charge in [0.15, 0.2) is 0 Å². The molecule has 8 aliphatic carbocycles. The molecule has 0 saturated heterocycles. The molecular weight excluding hydrogens is 789 g/mol. The Morgan fingerprint density at radius 1 is 0.565 bits per heavy atom. The van der Waals surface area contributed by atoms with Crippen molar-refractivity contribution in [3.05, 3.63) is 23.3 Å². The zero-order valence-electron chi connectivity index (χ0n) is 37.1. The predicted molar refractivity (Wildman–Crippen MR) is 231 cm³/mol. The van der Waals surface area contributed by atoms with E-state index in [1.165, 1.54) is 0 Å². The number of unbranched alkanes of at least 4 members (excludes halogenated alkanes) is 1. The Morgan fingerprint density at radius 2 is 0.968 bits per heavy atom. The number of aliphatic imine (C=N–C) groups is 2. The molecule has 0 unspecified atom stereocenters. The van der Waals surface area contributed by atoms with Crippen LogP contribution in [-0.2, 0) is 19.1 Å². The van der Waals surface area contributed by atoms with E-state index in [0.29, 0.717) is 103 Å². The number of hydrogen-bond acceptors (Lipinski definition) is 12. The first kappa shape index (κ1) is 43.4. The van der Waals surface area contributed by atoms with Gasteiger partial charge in [-0.2, -0.15) is 0 Å². The van der Waals surface area contributed by atoms with Crippen molar-refractivity contribution in [2.75, 3.05) is 26.3 Å². The summed E-state index contributed by atoms with van der Waals surface area (Å²) in [4.78, 5) is 34.2. The largest absolute Gasteiger partial charge is 0.458 e. The molecule has 2 aliphatic heterocycles. The van der Waals surface area contributed by atoms with E-state index in [4.69, 9.17) is 19.5 Å². The molecule has 10 aliphatic rings. The van der Waals surface area contributed by atoms with Gasteiger partial charge in [-0.3, -0.25) is 9.98 Å². The first-order valence-corrected chi connectivity index (χ1v) is 24.5. The Bertz CT molecular complexity index is 1820. The lowest BCUT2D eigenvalue weighted by atomic mass is 9.41. The number of carbonyl (C=O) groups excluding carboxylic acids is 2. The van der Waals surface area contributed by atoms with Gasteiger partial charge in [0, 0.05) is 72.2 Å². The summed E-state index contributed by atoms with van der Waals surface area (Å²) in [6, 6.07) is 0. The van der Waals surface area contributed by atoms with E-state index < -0.39 is 45.4 Å². The van der Waals surface area contributed by atoms with Crippen LogP contribution in [0.15, 0.2) is 33.3 Å². The van der Waals surface area contributed by atoms with Gasteiger partial charge in [0.1, 0.15) is 13.2 Å². The molecule has 16 atom stereocenters. The third kappa shape index (κ3) is 6.03. The van der Waals surface area contributed by atoms with Crippen molar-refractivity contribution in [3.63, 3.8) is 0 Å². The average molecular weight is 861 g/mol. The first-order valence-electron chi connectivity index (χ1n) is 24.5. The highest BCUT2D eigenvalue weighted by molar-refractivity contribution is 5.86. The lowest BCUT2D eigenvalue weighted by Gasteiger charge is -2.65. The number of aliphatic hydroxyl groups excluding tert-OH is 2. The van der Waals surface area contributed by atoms with Crippen molar-refractivity contribution in [2.24, 2.45) is 67.2 Å². The summed E-state index contributed by atoms with van der Waals surface area (Å²) in [6.45, 7) is 6.18. The third-order valence-electron chi connectivity index (χ3n) is 20.7. The van der Waals surface area contributed by atoms with Crippen LogP contribution in [0.5, 0.6) is 0 Å². The van der Waals surface area contributed by atoms with Crippen LogP contribution in [0.25, 0.3) is 0 Å². The minimum atomic E-state index is -1.10. The maximum absolute atomic E-state index is 12.8. The second kappa shape index (κ2) is 15.0. The van der Waals surface area contributed by atoms with Gasteiger partial charge < -0.3 is 40.1 Å². The highest BCUT2D eigenvalue weighted by Gasteiger charge is 2.73. The molecule has 0 aromatic carbocycles. The summed E-state index contributed by atoms with van der Waals surface area (Å²) in [7, 11) is 0. The molecule has 10 rings (SSSR count). The zero-order valence-corrected chi connectivity index (χ0v) is 37.1. The van der Waals surface area contributed by atoms with Gasteiger partial charge in [-0.25, -0.2) is 9.59 Å². The van der Waals surface area contributed by atoms with E-state index in [1.807, 2.05) is 12.4 Å².